The molecule has 2 unspecified atom stereocenters. The predicted molar refractivity (Wildman–Crippen MR) is 76.8 cm³/mol. The summed E-state index contributed by atoms with van der Waals surface area (Å²) in [7, 11) is 3.25. The zero-order chi connectivity index (χ0) is 15.8. The average molecular weight is 289 g/mol. The van der Waals surface area contributed by atoms with Crippen LogP contribution in [0.5, 0.6) is 5.75 Å². The highest BCUT2D eigenvalue weighted by Crippen LogP contribution is 2.40. The molecule has 21 heavy (non-hydrogen) atoms. The van der Waals surface area contributed by atoms with E-state index in [0.29, 0.717) is 16.9 Å². The summed E-state index contributed by atoms with van der Waals surface area (Å²) in [5.41, 5.74) is 0.179. The smallest absolute Gasteiger partial charge is 0.317 e. The number of urea groups is 1. The summed E-state index contributed by atoms with van der Waals surface area (Å²) >= 11 is 0. The number of rotatable bonds is 1. The van der Waals surface area contributed by atoms with Crippen LogP contribution in [0.1, 0.15) is 31.1 Å². The van der Waals surface area contributed by atoms with Gasteiger partial charge in [-0.1, -0.05) is 0 Å². The zero-order valence-electron chi connectivity index (χ0n) is 12.5. The minimum atomic E-state index is -0.944. The lowest BCUT2D eigenvalue weighted by Crippen LogP contribution is -2.59. The second-order valence-electron chi connectivity index (χ2n) is 5.84. The number of fused-ring (bicyclic) bond motifs is 1. The van der Waals surface area contributed by atoms with Gasteiger partial charge in [-0.2, -0.15) is 5.26 Å². The van der Waals surface area contributed by atoms with Crippen molar-refractivity contribution in [2.75, 3.05) is 14.1 Å². The normalized spacial score (nSPS) is 22.5. The Hall–Kier alpha value is -2.26. The van der Waals surface area contributed by atoms with Crippen LogP contribution in [0.2, 0.25) is 0 Å². The fourth-order valence-electron chi connectivity index (χ4n) is 2.36. The van der Waals surface area contributed by atoms with E-state index < -0.39 is 17.7 Å². The third-order valence-corrected chi connectivity index (χ3v) is 3.58. The summed E-state index contributed by atoms with van der Waals surface area (Å²) in [4.78, 5) is 13.3. The number of ether oxygens (including phenoxy) is 1. The first-order valence-electron chi connectivity index (χ1n) is 6.65. The van der Waals surface area contributed by atoms with E-state index >= 15 is 0 Å². The standard InChI is InChI=1S/C15H19N3O3/c1-15(2)13(17-14(20)18(3)4)12(19)10-7-9(8-16)5-6-11(10)21-15/h5-7,12-13,19H,1-4H3,(H,17,20). The second kappa shape index (κ2) is 5.26. The Morgan fingerprint density at radius 2 is 2.14 bits per heavy atom. The van der Waals surface area contributed by atoms with Crippen molar-refractivity contribution < 1.29 is 14.6 Å². The Balaban J connectivity index is 2.39. The molecule has 1 aliphatic rings. The number of benzene rings is 1. The van der Waals surface area contributed by atoms with Crippen molar-refractivity contribution >= 4 is 6.03 Å². The maximum Gasteiger partial charge on any atom is 0.317 e. The van der Waals surface area contributed by atoms with Gasteiger partial charge in [-0.15, -0.1) is 0 Å². The van der Waals surface area contributed by atoms with Gasteiger partial charge in [-0.3, -0.25) is 0 Å². The first kappa shape index (κ1) is 15.1. The van der Waals surface area contributed by atoms with E-state index in [1.54, 1.807) is 46.1 Å². The highest BCUT2D eigenvalue weighted by atomic mass is 16.5. The number of carbonyl (C=O) groups excluding carboxylic acids is 1. The first-order valence-corrected chi connectivity index (χ1v) is 6.65. The lowest BCUT2D eigenvalue weighted by molar-refractivity contribution is -0.0240. The van der Waals surface area contributed by atoms with E-state index in [-0.39, 0.29) is 6.03 Å². The van der Waals surface area contributed by atoms with Crippen LogP contribution in [0.15, 0.2) is 18.2 Å². The molecule has 0 spiro atoms. The van der Waals surface area contributed by atoms with E-state index in [4.69, 9.17) is 10.00 Å². The van der Waals surface area contributed by atoms with Crippen molar-refractivity contribution in [1.29, 1.82) is 5.26 Å². The molecule has 2 rings (SSSR count). The third kappa shape index (κ3) is 2.78. The largest absolute Gasteiger partial charge is 0.485 e. The van der Waals surface area contributed by atoms with Gasteiger partial charge in [-0.25, -0.2) is 4.79 Å². The van der Waals surface area contributed by atoms with Crippen molar-refractivity contribution in [1.82, 2.24) is 10.2 Å². The maximum atomic E-state index is 11.9. The fourth-order valence-corrected chi connectivity index (χ4v) is 2.36. The van der Waals surface area contributed by atoms with Gasteiger partial charge in [0.25, 0.3) is 0 Å². The molecule has 1 aromatic carbocycles. The average Bonchev–Trinajstić information content (AvgIpc) is 2.42. The molecule has 2 amide bonds. The molecule has 1 aromatic rings. The van der Waals surface area contributed by atoms with Crippen LogP contribution >= 0.6 is 0 Å². The van der Waals surface area contributed by atoms with Gasteiger partial charge in [0.15, 0.2) is 0 Å². The van der Waals surface area contributed by atoms with Crippen LogP contribution < -0.4 is 10.1 Å². The van der Waals surface area contributed by atoms with Gasteiger partial charge in [0, 0.05) is 19.7 Å². The minimum Gasteiger partial charge on any atom is -0.485 e. The molecule has 0 fully saturated rings. The van der Waals surface area contributed by atoms with Gasteiger partial charge in [0.1, 0.15) is 17.5 Å². The maximum absolute atomic E-state index is 11.9. The predicted octanol–water partition coefficient (Wildman–Crippen LogP) is 1.40. The molecule has 1 heterocycles. The van der Waals surface area contributed by atoms with Gasteiger partial charge in [0.2, 0.25) is 0 Å². The highest BCUT2D eigenvalue weighted by Gasteiger charge is 2.44. The van der Waals surface area contributed by atoms with Crippen LogP contribution in [-0.4, -0.2) is 41.8 Å². The summed E-state index contributed by atoms with van der Waals surface area (Å²) in [5, 5.41) is 22.3. The monoisotopic (exact) mass is 289 g/mol. The third-order valence-electron chi connectivity index (χ3n) is 3.58. The number of nitrogens with one attached hydrogen (secondary N) is 1. The Kier molecular flexibility index (Phi) is 3.79. The summed E-state index contributed by atoms with van der Waals surface area (Å²) in [5.74, 6) is 0.529. The molecule has 6 nitrogen and oxygen atoms in total. The Bertz CT molecular complexity index is 605. The topological polar surface area (TPSA) is 85.6 Å². The Morgan fingerprint density at radius 1 is 1.48 bits per heavy atom. The van der Waals surface area contributed by atoms with Crippen molar-refractivity contribution in [3.63, 3.8) is 0 Å². The molecule has 0 aliphatic carbocycles. The number of aliphatic hydroxyl groups is 1. The van der Waals surface area contributed by atoms with E-state index in [9.17, 15) is 9.90 Å². The molecule has 2 N–H and O–H groups in total. The van der Waals surface area contributed by atoms with Crippen LogP contribution in [0.3, 0.4) is 0 Å². The molecule has 2 atom stereocenters. The number of nitrogens with zero attached hydrogens (tertiary/aromatic N) is 2. The molecule has 1 aliphatic heterocycles. The van der Waals surface area contributed by atoms with Crippen LogP contribution in [0.4, 0.5) is 4.79 Å². The van der Waals surface area contributed by atoms with Crippen LogP contribution in [0, 0.1) is 11.3 Å². The number of amides is 2. The summed E-state index contributed by atoms with van der Waals surface area (Å²) in [6, 6.07) is 6.00. The molecule has 112 valence electrons. The number of hydrogen-bond donors (Lipinski definition) is 2. The minimum absolute atomic E-state index is 0.310. The van der Waals surface area contributed by atoms with E-state index in [1.807, 2.05) is 6.07 Å². The highest BCUT2D eigenvalue weighted by molar-refractivity contribution is 5.74. The molecule has 6 heteroatoms. The molecule has 0 aromatic heterocycles. The molecular weight excluding hydrogens is 270 g/mol. The molecule has 0 saturated carbocycles. The number of aliphatic hydroxyl groups excluding tert-OH is 1. The van der Waals surface area contributed by atoms with Gasteiger partial charge in [-0.05, 0) is 32.0 Å². The van der Waals surface area contributed by atoms with Crippen molar-refractivity contribution in [3.8, 4) is 11.8 Å². The lowest BCUT2D eigenvalue weighted by Gasteiger charge is -2.43. The van der Waals surface area contributed by atoms with Crippen LogP contribution in [-0.2, 0) is 0 Å². The van der Waals surface area contributed by atoms with Crippen molar-refractivity contribution in [2.45, 2.75) is 31.6 Å². The molecule has 0 radical (unpaired) electrons. The number of hydrogen-bond acceptors (Lipinski definition) is 4. The van der Waals surface area contributed by atoms with Crippen molar-refractivity contribution in [3.05, 3.63) is 29.3 Å². The molecule has 0 saturated heterocycles. The Morgan fingerprint density at radius 3 is 2.71 bits per heavy atom. The van der Waals surface area contributed by atoms with Crippen LogP contribution in [0.25, 0.3) is 0 Å². The van der Waals surface area contributed by atoms with Gasteiger partial charge in [0.05, 0.1) is 17.7 Å². The zero-order valence-corrected chi connectivity index (χ0v) is 12.5. The summed E-state index contributed by atoms with van der Waals surface area (Å²) in [6.07, 6.45) is -0.944. The quantitative estimate of drug-likeness (QED) is 0.818. The number of carbonyl (C=O) groups is 1. The second-order valence-corrected chi connectivity index (χ2v) is 5.84. The SMILES string of the molecule is CN(C)C(=O)NC1C(O)c2cc(C#N)ccc2OC1(C)C. The first-order chi connectivity index (χ1) is 9.76. The summed E-state index contributed by atoms with van der Waals surface area (Å²) < 4.78 is 5.88. The molecular formula is C15H19N3O3. The molecule has 0 bridgehead atoms. The number of nitriles is 1. The van der Waals surface area contributed by atoms with Gasteiger partial charge >= 0.3 is 6.03 Å². The van der Waals surface area contributed by atoms with Gasteiger partial charge < -0.3 is 20.1 Å². The van der Waals surface area contributed by atoms with Crippen molar-refractivity contribution in [2.24, 2.45) is 0 Å². The Labute approximate surface area is 123 Å². The van der Waals surface area contributed by atoms with E-state index in [2.05, 4.69) is 5.32 Å². The summed E-state index contributed by atoms with van der Waals surface area (Å²) in [6.45, 7) is 3.61. The fraction of sp³-hybridized carbons (Fsp3) is 0.467. The lowest BCUT2D eigenvalue weighted by atomic mass is 9.85. The van der Waals surface area contributed by atoms with E-state index in [1.165, 1.54) is 4.90 Å². The van der Waals surface area contributed by atoms with E-state index in [0.717, 1.165) is 0 Å².